The van der Waals surface area contributed by atoms with Crippen LogP contribution in [0.1, 0.15) is 44.5 Å². The average Bonchev–Trinajstić information content (AvgIpc) is 3.07. The average molecular weight is 279 g/mol. The van der Waals surface area contributed by atoms with Gasteiger partial charge in [-0.2, -0.15) is 0 Å². The van der Waals surface area contributed by atoms with Crippen molar-refractivity contribution in [1.82, 2.24) is 14.9 Å². The molecule has 1 aromatic rings. The molecule has 5 nitrogen and oxygen atoms in total. The molecule has 0 bridgehead atoms. The quantitative estimate of drug-likeness (QED) is 0.916. The van der Waals surface area contributed by atoms with E-state index in [2.05, 4.69) is 34.9 Å². The Bertz CT molecular complexity index is 440. The van der Waals surface area contributed by atoms with Crippen LogP contribution < -0.4 is 5.32 Å². The minimum absolute atomic E-state index is 0.355. The van der Waals surface area contributed by atoms with Gasteiger partial charge in [0.1, 0.15) is 5.82 Å². The number of rotatable bonds is 4. The molecule has 3 rings (SSSR count). The second-order valence-electron chi connectivity index (χ2n) is 5.86. The summed E-state index contributed by atoms with van der Waals surface area (Å²) in [5.41, 5.74) is 0. The van der Waals surface area contributed by atoms with Gasteiger partial charge in [0.25, 0.3) is 0 Å². The van der Waals surface area contributed by atoms with Crippen LogP contribution in [0.4, 0.5) is 0 Å². The molecule has 5 heteroatoms. The molecule has 1 aliphatic carbocycles. The topological polar surface area (TPSA) is 48.3 Å². The number of hydrogen-bond donors (Lipinski definition) is 1. The molecule has 0 radical (unpaired) electrons. The Kier molecular flexibility index (Phi) is 4.10. The van der Waals surface area contributed by atoms with Gasteiger partial charge in [-0.25, -0.2) is 4.98 Å². The highest BCUT2D eigenvalue weighted by atomic mass is 16.7. The Balaban J connectivity index is 1.80. The second-order valence-corrected chi connectivity index (χ2v) is 5.86. The van der Waals surface area contributed by atoms with Gasteiger partial charge in [0.05, 0.1) is 19.3 Å². The number of ether oxygens (including phenoxy) is 2. The maximum atomic E-state index is 5.92. The summed E-state index contributed by atoms with van der Waals surface area (Å²) >= 11 is 0. The van der Waals surface area contributed by atoms with E-state index < -0.39 is 0 Å². The predicted octanol–water partition coefficient (Wildman–Crippen LogP) is 2.03. The van der Waals surface area contributed by atoms with Gasteiger partial charge in [-0.1, -0.05) is 6.92 Å². The normalized spacial score (nSPS) is 29.1. The van der Waals surface area contributed by atoms with Crippen molar-refractivity contribution in [3.8, 4) is 0 Å². The lowest BCUT2D eigenvalue weighted by atomic mass is 9.85. The summed E-state index contributed by atoms with van der Waals surface area (Å²) in [6, 6.07) is 0.831. The van der Waals surface area contributed by atoms with Crippen molar-refractivity contribution >= 4 is 0 Å². The molecule has 112 valence electrons. The fourth-order valence-electron chi connectivity index (χ4n) is 3.49. The van der Waals surface area contributed by atoms with Crippen LogP contribution in [0.25, 0.3) is 0 Å². The van der Waals surface area contributed by atoms with E-state index in [0.717, 1.165) is 51.3 Å². The minimum Gasteiger partial charge on any atom is -0.347 e. The molecule has 1 spiro atoms. The molecule has 1 saturated carbocycles. The van der Waals surface area contributed by atoms with Crippen molar-refractivity contribution in [2.24, 2.45) is 0 Å². The molecule has 1 aromatic heterocycles. The number of hydrogen-bond acceptors (Lipinski definition) is 4. The lowest BCUT2D eigenvalue weighted by molar-refractivity contribution is -0.188. The SMILES string of the molecule is CCCNC1CCC2(CC1n1ccnc1C)OCCO2. The first kappa shape index (κ1) is 14.0. The van der Waals surface area contributed by atoms with E-state index in [0.29, 0.717) is 12.1 Å². The van der Waals surface area contributed by atoms with Crippen molar-refractivity contribution in [3.05, 3.63) is 18.2 Å². The Morgan fingerprint density at radius 2 is 2.25 bits per heavy atom. The largest absolute Gasteiger partial charge is 0.347 e. The molecule has 0 amide bonds. The Morgan fingerprint density at radius 1 is 1.45 bits per heavy atom. The molecule has 1 saturated heterocycles. The fraction of sp³-hybridized carbons (Fsp3) is 0.800. The summed E-state index contributed by atoms with van der Waals surface area (Å²) in [5.74, 6) is 0.708. The molecule has 2 atom stereocenters. The monoisotopic (exact) mass is 279 g/mol. The Labute approximate surface area is 120 Å². The van der Waals surface area contributed by atoms with Crippen LogP contribution in [0.3, 0.4) is 0 Å². The van der Waals surface area contributed by atoms with Gasteiger partial charge in [0, 0.05) is 31.3 Å². The van der Waals surface area contributed by atoms with Crippen molar-refractivity contribution in [2.45, 2.75) is 57.4 Å². The van der Waals surface area contributed by atoms with Crippen LogP contribution in [0.15, 0.2) is 12.4 Å². The van der Waals surface area contributed by atoms with E-state index >= 15 is 0 Å². The third-order valence-electron chi connectivity index (χ3n) is 4.51. The molecule has 2 fully saturated rings. The zero-order valence-electron chi connectivity index (χ0n) is 12.5. The van der Waals surface area contributed by atoms with Crippen molar-refractivity contribution < 1.29 is 9.47 Å². The molecule has 2 unspecified atom stereocenters. The van der Waals surface area contributed by atoms with Crippen LogP contribution in [0.5, 0.6) is 0 Å². The molecule has 2 heterocycles. The molecule has 1 aliphatic heterocycles. The first-order chi connectivity index (χ1) is 9.74. The summed E-state index contributed by atoms with van der Waals surface area (Å²) in [6.07, 6.45) is 8.09. The lowest BCUT2D eigenvalue weighted by Gasteiger charge is -2.42. The zero-order valence-corrected chi connectivity index (χ0v) is 12.5. The second kappa shape index (κ2) is 5.84. The summed E-state index contributed by atoms with van der Waals surface area (Å²) in [6.45, 7) is 6.78. The van der Waals surface area contributed by atoms with Crippen molar-refractivity contribution in [2.75, 3.05) is 19.8 Å². The smallest absolute Gasteiger partial charge is 0.170 e. The molecule has 20 heavy (non-hydrogen) atoms. The molecule has 2 aliphatic rings. The number of nitrogens with one attached hydrogen (secondary N) is 1. The summed E-state index contributed by atoms with van der Waals surface area (Å²) in [4.78, 5) is 4.38. The fourth-order valence-corrected chi connectivity index (χ4v) is 3.49. The minimum atomic E-state index is -0.355. The van der Waals surface area contributed by atoms with Crippen molar-refractivity contribution in [3.63, 3.8) is 0 Å². The number of aryl methyl sites for hydroxylation is 1. The first-order valence-electron chi connectivity index (χ1n) is 7.75. The molecular weight excluding hydrogens is 254 g/mol. The molecule has 1 N–H and O–H groups in total. The Morgan fingerprint density at radius 3 is 2.90 bits per heavy atom. The van der Waals surface area contributed by atoms with Gasteiger partial charge in [-0.15, -0.1) is 0 Å². The van der Waals surface area contributed by atoms with E-state index in [1.165, 1.54) is 0 Å². The van der Waals surface area contributed by atoms with Gasteiger partial charge in [-0.05, 0) is 26.3 Å². The maximum Gasteiger partial charge on any atom is 0.170 e. The van der Waals surface area contributed by atoms with Gasteiger partial charge in [-0.3, -0.25) is 0 Å². The Hall–Kier alpha value is -0.910. The highest BCUT2D eigenvalue weighted by Crippen LogP contribution is 2.41. The van der Waals surface area contributed by atoms with Gasteiger partial charge in [0.15, 0.2) is 5.79 Å². The third-order valence-corrected chi connectivity index (χ3v) is 4.51. The molecule has 0 aromatic carbocycles. The summed E-state index contributed by atoms with van der Waals surface area (Å²) < 4.78 is 14.1. The first-order valence-corrected chi connectivity index (χ1v) is 7.75. The predicted molar refractivity (Wildman–Crippen MR) is 76.6 cm³/mol. The molecular formula is C15H25N3O2. The van der Waals surface area contributed by atoms with E-state index in [1.54, 1.807) is 0 Å². The highest BCUT2D eigenvalue weighted by molar-refractivity contribution is 5.01. The van der Waals surface area contributed by atoms with Gasteiger partial charge >= 0.3 is 0 Å². The van der Waals surface area contributed by atoms with Crippen LogP contribution in [0, 0.1) is 6.92 Å². The van der Waals surface area contributed by atoms with E-state index in [9.17, 15) is 0 Å². The summed E-state index contributed by atoms with van der Waals surface area (Å²) in [7, 11) is 0. The van der Waals surface area contributed by atoms with Gasteiger partial charge < -0.3 is 19.4 Å². The number of imidazole rings is 1. The van der Waals surface area contributed by atoms with E-state index in [4.69, 9.17) is 9.47 Å². The standard InChI is InChI=1S/C15H25N3O2/c1-3-6-17-13-4-5-15(19-9-10-20-15)11-14(13)18-8-7-16-12(18)2/h7-8,13-14,17H,3-6,9-11H2,1-2H3. The highest BCUT2D eigenvalue weighted by Gasteiger charge is 2.45. The number of nitrogens with zero attached hydrogens (tertiary/aromatic N) is 2. The van der Waals surface area contributed by atoms with E-state index in [-0.39, 0.29) is 5.79 Å². The third kappa shape index (κ3) is 2.62. The van der Waals surface area contributed by atoms with E-state index in [1.807, 2.05) is 6.20 Å². The van der Waals surface area contributed by atoms with Gasteiger partial charge in [0.2, 0.25) is 0 Å². The van der Waals surface area contributed by atoms with Crippen LogP contribution in [0.2, 0.25) is 0 Å². The van der Waals surface area contributed by atoms with Crippen LogP contribution in [-0.4, -0.2) is 41.1 Å². The zero-order chi connectivity index (χ0) is 14.0. The summed E-state index contributed by atoms with van der Waals surface area (Å²) in [5, 5.41) is 3.68. The van der Waals surface area contributed by atoms with Crippen LogP contribution >= 0.6 is 0 Å². The maximum absolute atomic E-state index is 5.92. The lowest BCUT2D eigenvalue weighted by Crippen LogP contribution is -2.49. The number of aromatic nitrogens is 2. The van der Waals surface area contributed by atoms with Crippen LogP contribution in [-0.2, 0) is 9.47 Å². The van der Waals surface area contributed by atoms with Crippen molar-refractivity contribution in [1.29, 1.82) is 0 Å².